The number of anilines is 1. The summed E-state index contributed by atoms with van der Waals surface area (Å²) in [6, 6.07) is 1.53. The van der Waals surface area contributed by atoms with E-state index in [2.05, 4.69) is 30.5 Å². The molecule has 7 nitrogen and oxygen atoms in total. The predicted molar refractivity (Wildman–Crippen MR) is 65.5 cm³/mol. The smallest absolute Gasteiger partial charge is 0.296 e. The average molecular weight is 267 g/mol. The largest absolute Gasteiger partial charge is 0.304 e. The molecule has 0 aliphatic carbocycles. The van der Waals surface area contributed by atoms with Crippen LogP contribution in [0.4, 0.5) is 5.82 Å². The molecule has 2 N–H and O–H groups in total. The van der Waals surface area contributed by atoms with Crippen LogP contribution in [0.3, 0.4) is 0 Å². The number of aromatic nitrogens is 5. The quantitative estimate of drug-likeness (QED) is 0.823. The van der Waals surface area contributed by atoms with Crippen molar-refractivity contribution in [2.75, 3.05) is 5.32 Å². The van der Waals surface area contributed by atoms with Crippen LogP contribution >= 0.6 is 11.6 Å². The van der Waals surface area contributed by atoms with Crippen molar-refractivity contribution < 1.29 is 4.79 Å². The standard InChI is InChI=1S/C10H11ClN6O/c1-5(2)7-15-8(17-16-7)9(18)13-6-3-4-12-10(11)14-6/h3-5H,1-2H3,(H,15,16,17)(H,12,13,14,18). The minimum Gasteiger partial charge on any atom is -0.304 e. The zero-order chi connectivity index (χ0) is 13.1. The van der Waals surface area contributed by atoms with E-state index >= 15 is 0 Å². The average Bonchev–Trinajstić information content (AvgIpc) is 2.78. The van der Waals surface area contributed by atoms with E-state index < -0.39 is 5.91 Å². The Labute approximate surface area is 108 Å². The molecule has 0 unspecified atom stereocenters. The number of hydrogen-bond donors (Lipinski definition) is 2. The molecule has 94 valence electrons. The first kappa shape index (κ1) is 12.4. The van der Waals surface area contributed by atoms with Crippen LogP contribution in [0.2, 0.25) is 5.28 Å². The van der Waals surface area contributed by atoms with Crippen LogP contribution in [0.25, 0.3) is 0 Å². The SMILES string of the molecule is CC(C)c1nc(C(=O)Nc2ccnc(Cl)n2)n[nH]1. The second-order valence-corrected chi connectivity index (χ2v) is 4.20. The molecule has 0 atom stereocenters. The van der Waals surface area contributed by atoms with Gasteiger partial charge in [-0.25, -0.2) is 15.0 Å². The van der Waals surface area contributed by atoms with Gasteiger partial charge in [0, 0.05) is 12.1 Å². The highest BCUT2D eigenvalue weighted by Gasteiger charge is 2.14. The first-order chi connectivity index (χ1) is 8.56. The Morgan fingerprint density at radius 2 is 2.22 bits per heavy atom. The minimum atomic E-state index is -0.451. The van der Waals surface area contributed by atoms with Gasteiger partial charge in [-0.3, -0.25) is 9.89 Å². The fraction of sp³-hybridized carbons (Fsp3) is 0.300. The van der Waals surface area contributed by atoms with Crippen LogP contribution in [-0.2, 0) is 0 Å². The highest BCUT2D eigenvalue weighted by Crippen LogP contribution is 2.10. The fourth-order valence-electron chi connectivity index (χ4n) is 1.21. The Kier molecular flexibility index (Phi) is 3.52. The fourth-order valence-corrected chi connectivity index (χ4v) is 1.36. The number of nitrogens with one attached hydrogen (secondary N) is 2. The van der Waals surface area contributed by atoms with Crippen LogP contribution in [0.1, 0.15) is 36.2 Å². The van der Waals surface area contributed by atoms with Crippen molar-refractivity contribution >= 4 is 23.3 Å². The maximum Gasteiger partial charge on any atom is 0.296 e. The number of H-pyrrole nitrogens is 1. The normalized spacial score (nSPS) is 10.7. The Balaban J connectivity index is 2.12. The topological polar surface area (TPSA) is 96.5 Å². The molecule has 2 aromatic heterocycles. The van der Waals surface area contributed by atoms with Gasteiger partial charge in [-0.05, 0) is 17.7 Å². The van der Waals surface area contributed by atoms with E-state index in [0.29, 0.717) is 11.6 Å². The molecule has 0 fully saturated rings. The lowest BCUT2D eigenvalue weighted by Crippen LogP contribution is -2.15. The highest BCUT2D eigenvalue weighted by molar-refractivity contribution is 6.28. The molecular weight excluding hydrogens is 256 g/mol. The van der Waals surface area contributed by atoms with Gasteiger partial charge in [0.1, 0.15) is 11.6 Å². The molecular formula is C10H11ClN6O. The third-order valence-corrected chi connectivity index (χ3v) is 2.30. The number of carbonyl (C=O) groups is 1. The van der Waals surface area contributed by atoms with Crippen molar-refractivity contribution in [1.29, 1.82) is 0 Å². The Morgan fingerprint density at radius 3 is 2.83 bits per heavy atom. The number of carbonyl (C=O) groups excluding carboxylic acids is 1. The van der Waals surface area contributed by atoms with Gasteiger partial charge in [0.05, 0.1) is 0 Å². The number of halogens is 1. The number of hydrogen-bond acceptors (Lipinski definition) is 5. The number of amides is 1. The molecule has 0 saturated heterocycles. The minimum absolute atomic E-state index is 0.0608. The van der Waals surface area contributed by atoms with Gasteiger partial charge in [-0.15, -0.1) is 5.10 Å². The second kappa shape index (κ2) is 5.09. The summed E-state index contributed by atoms with van der Waals surface area (Å²) in [6.45, 7) is 3.90. The molecule has 0 bridgehead atoms. The monoisotopic (exact) mass is 266 g/mol. The van der Waals surface area contributed by atoms with E-state index in [1.165, 1.54) is 12.3 Å². The van der Waals surface area contributed by atoms with Crippen molar-refractivity contribution in [2.45, 2.75) is 19.8 Å². The maximum absolute atomic E-state index is 11.8. The summed E-state index contributed by atoms with van der Waals surface area (Å²) < 4.78 is 0. The molecule has 1 amide bonds. The van der Waals surface area contributed by atoms with Gasteiger partial charge in [0.2, 0.25) is 11.1 Å². The van der Waals surface area contributed by atoms with Gasteiger partial charge >= 0.3 is 0 Å². The van der Waals surface area contributed by atoms with E-state index in [9.17, 15) is 4.79 Å². The summed E-state index contributed by atoms with van der Waals surface area (Å²) in [5, 5.41) is 9.13. The summed E-state index contributed by atoms with van der Waals surface area (Å²) in [4.78, 5) is 23.4. The molecule has 2 aromatic rings. The number of aromatic amines is 1. The van der Waals surface area contributed by atoms with Crippen LogP contribution in [0, 0.1) is 0 Å². The summed E-state index contributed by atoms with van der Waals surface area (Å²) in [7, 11) is 0. The molecule has 2 rings (SSSR count). The molecule has 0 aliphatic heterocycles. The lowest BCUT2D eigenvalue weighted by Gasteiger charge is -2.00. The van der Waals surface area contributed by atoms with Crippen LogP contribution in [-0.4, -0.2) is 31.1 Å². The van der Waals surface area contributed by atoms with Gasteiger partial charge in [-0.1, -0.05) is 13.8 Å². The summed E-state index contributed by atoms with van der Waals surface area (Å²) in [6.07, 6.45) is 1.45. The van der Waals surface area contributed by atoms with E-state index in [1.807, 2.05) is 13.8 Å². The third kappa shape index (κ3) is 2.80. The molecule has 2 heterocycles. The summed E-state index contributed by atoms with van der Waals surface area (Å²) >= 11 is 5.61. The molecule has 0 radical (unpaired) electrons. The Hall–Kier alpha value is -2.02. The van der Waals surface area contributed by atoms with Crippen molar-refractivity contribution in [1.82, 2.24) is 25.1 Å². The molecule has 0 aliphatic rings. The van der Waals surface area contributed by atoms with E-state index in [0.717, 1.165) is 0 Å². The van der Waals surface area contributed by atoms with Gasteiger partial charge in [-0.2, -0.15) is 0 Å². The van der Waals surface area contributed by atoms with Crippen molar-refractivity contribution in [3.05, 3.63) is 29.2 Å². The van der Waals surface area contributed by atoms with Crippen molar-refractivity contribution in [3.8, 4) is 0 Å². The summed E-state index contributed by atoms with van der Waals surface area (Å²) in [5.74, 6) is 0.741. The van der Waals surface area contributed by atoms with Crippen molar-refractivity contribution in [3.63, 3.8) is 0 Å². The van der Waals surface area contributed by atoms with Gasteiger partial charge < -0.3 is 5.32 Å². The molecule has 0 aromatic carbocycles. The molecule has 0 saturated carbocycles. The second-order valence-electron chi connectivity index (χ2n) is 3.86. The van der Waals surface area contributed by atoms with Crippen molar-refractivity contribution in [2.24, 2.45) is 0 Å². The zero-order valence-electron chi connectivity index (χ0n) is 9.81. The van der Waals surface area contributed by atoms with E-state index in [1.54, 1.807) is 0 Å². The zero-order valence-corrected chi connectivity index (χ0v) is 10.6. The lowest BCUT2D eigenvalue weighted by molar-refractivity contribution is 0.101. The third-order valence-electron chi connectivity index (χ3n) is 2.12. The lowest BCUT2D eigenvalue weighted by atomic mass is 10.2. The van der Waals surface area contributed by atoms with E-state index in [4.69, 9.17) is 11.6 Å². The molecule has 0 spiro atoms. The maximum atomic E-state index is 11.8. The first-order valence-corrected chi connectivity index (χ1v) is 5.66. The summed E-state index contributed by atoms with van der Waals surface area (Å²) in [5.41, 5.74) is 0. The Bertz CT molecular complexity index is 567. The highest BCUT2D eigenvalue weighted by atomic mass is 35.5. The van der Waals surface area contributed by atoms with E-state index in [-0.39, 0.29) is 17.0 Å². The van der Waals surface area contributed by atoms with Crippen LogP contribution in [0.15, 0.2) is 12.3 Å². The Morgan fingerprint density at radius 1 is 1.44 bits per heavy atom. The van der Waals surface area contributed by atoms with Crippen LogP contribution < -0.4 is 5.32 Å². The van der Waals surface area contributed by atoms with Gasteiger partial charge in [0.15, 0.2) is 0 Å². The predicted octanol–water partition coefficient (Wildman–Crippen LogP) is 1.62. The number of nitrogens with zero attached hydrogens (tertiary/aromatic N) is 4. The van der Waals surface area contributed by atoms with Crippen LogP contribution in [0.5, 0.6) is 0 Å². The number of rotatable bonds is 3. The molecule has 18 heavy (non-hydrogen) atoms. The molecule has 8 heteroatoms. The van der Waals surface area contributed by atoms with Gasteiger partial charge in [0.25, 0.3) is 5.91 Å². The first-order valence-electron chi connectivity index (χ1n) is 5.28.